The summed E-state index contributed by atoms with van der Waals surface area (Å²) in [7, 11) is 0. The van der Waals surface area contributed by atoms with Crippen LogP contribution in [0.3, 0.4) is 0 Å². The van der Waals surface area contributed by atoms with Gasteiger partial charge in [-0.3, -0.25) is 9.47 Å². The Hall–Kier alpha value is -4.33. The fraction of sp³-hybridized carbons (Fsp3) is 0.300. The zero-order valence-electron chi connectivity index (χ0n) is 17.4. The summed E-state index contributed by atoms with van der Waals surface area (Å²) in [5, 5.41) is 20.0. The van der Waals surface area contributed by atoms with Gasteiger partial charge >= 0.3 is 23.9 Å². The van der Waals surface area contributed by atoms with Crippen molar-refractivity contribution >= 4 is 17.6 Å². The third kappa shape index (κ3) is 4.05. The molecule has 14 heteroatoms. The number of benzene rings is 1. The number of anilines is 1. The number of rotatable bonds is 6. The number of aliphatic hydroxyl groups is 1. The van der Waals surface area contributed by atoms with E-state index >= 15 is 0 Å². The highest BCUT2D eigenvalue weighted by Crippen LogP contribution is 2.29. The molecule has 1 N–H and O–H groups in total. The van der Waals surface area contributed by atoms with E-state index in [0.717, 1.165) is 0 Å². The number of aliphatic hydroxyl groups excluding tert-OH is 1. The van der Waals surface area contributed by atoms with Gasteiger partial charge in [0.15, 0.2) is 6.10 Å². The topological polar surface area (TPSA) is 155 Å². The Balaban J connectivity index is 1.26. The SMILES string of the molecule is O=C1O[C@H](CO)CN1c1ccc(-c2cnc(O[C@@H]3COc4nc([N+](=O)[O-])cn4C3)nc2)c(F)c1. The zero-order chi connectivity index (χ0) is 23.8. The fourth-order valence-corrected chi connectivity index (χ4v) is 3.63. The second kappa shape index (κ2) is 8.55. The van der Waals surface area contributed by atoms with Gasteiger partial charge in [0.1, 0.15) is 24.7 Å². The number of cyclic esters (lactones) is 1. The van der Waals surface area contributed by atoms with Crippen molar-refractivity contribution in [1.29, 1.82) is 0 Å². The van der Waals surface area contributed by atoms with Gasteiger partial charge in [0.05, 0.1) is 25.4 Å². The van der Waals surface area contributed by atoms with Gasteiger partial charge in [-0.15, -0.1) is 0 Å². The molecular weight excluding hydrogens is 455 g/mol. The number of carbonyl (C=O) groups excluding carboxylic acids is 1. The van der Waals surface area contributed by atoms with Crippen molar-refractivity contribution in [3.8, 4) is 23.1 Å². The Morgan fingerprint density at radius 2 is 2.09 bits per heavy atom. The number of nitrogens with zero attached hydrogens (tertiary/aromatic N) is 6. The highest BCUT2D eigenvalue weighted by Gasteiger charge is 2.32. The molecule has 1 saturated heterocycles. The Labute approximate surface area is 190 Å². The molecule has 1 amide bonds. The first-order valence-electron chi connectivity index (χ1n) is 10.1. The lowest BCUT2D eigenvalue weighted by molar-refractivity contribution is -0.389. The molecule has 0 unspecified atom stereocenters. The first-order valence-corrected chi connectivity index (χ1v) is 10.1. The number of hydrogen-bond acceptors (Lipinski definition) is 10. The lowest BCUT2D eigenvalue weighted by Gasteiger charge is -2.22. The van der Waals surface area contributed by atoms with Gasteiger partial charge in [0.25, 0.3) is 0 Å². The van der Waals surface area contributed by atoms with Crippen LogP contribution in [0.4, 0.5) is 20.7 Å². The molecule has 3 aromatic rings. The summed E-state index contributed by atoms with van der Waals surface area (Å²) in [6.45, 7) is 0.173. The largest absolute Gasteiger partial charge is 0.455 e. The molecule has 1 aromatic carbocycles. The quantitative estimate of drug-likeness (QED) is 0.412. The average molecular weight is 472 g/mol. The number of amides is 1. The minimum Gasteiger partial charge on any atom is -0.455 e. The second-order valence-electron chi connectivity index (χ2n) is 7.56. The van der Waals surface area contributed by atoms with Crippen molar-refractivity contribution in [1.82, 2.24) is 19.5 Å². The van der Waals surface area contributed by atoms with Gasteiger partial charge in [-0.05, 0) is 23.1 Å². The van der Waals surface area contributed by atoms with E-state index < -0.39 is 29.0 Å². The van der Waals surface area contributed by atoms with E-state index in [0.29, 0.717) is 11.3 Å². The summed E-state index contributed by atoms with van der Waals surface area (Å²) in [4.78, 5) is 35.4. The van der Waals surface area contributed by atoms with Crippen molar-refractivity contribution in [3.05, 3.63) is 52.7 Å². The van der Waals surface area contributed by atoms with Crippen molar-refractivity contribution < 1.29 is 33.4 Å². The van der Waals surface area contributed by atoms with Crippen LogP contribution >= 0.6 is 0 Å². The number of fused-ring (bicyclic) bond motifs is 1. The third-order valence-electron chi connectivity index (χ3n) is 5.27. The number of carbonyl (C=O) groups is 1. The van der Waals surface area contributed by atoms with Gasteiger partial charge in [-0.25, -0.2) is 19.2 Å². The van der Waals surface area contributed by atoms with Crippen LogP contribution in [-0.2, 0) is 11.3 Å². The molecule has 0 spiro atoms. The smallest absolute Gasteiger partial charge is 0.414 e. The first-order chi connectivity index (χ1) is 16.4. The Morgan fingerprint density at radius 3 is 2.76 bits per heavy atom. The van der Waals surface area contributed by atoms with Crippen LogP contribution in [0.5, 0.6) is 12.0 Å². The van der Waals surface area contributed by atoms with Crippen LogP contribution in [0.1, 0.15) is 0 Å². The van der Waals surface area contributed by atoms with Crippen molar-refractivity contribution in [2.75, 3.05) is 24.7 Å². The number of aromatic nitrogens is 4. The van der Waals surface area contributed by atoms with E-state index in [4.69, 9.17) is 19.3 Å². The van der Waals surface area contributed by atoms with Crippen molar-refractivity contribution in [3.63, 3.8) is 0 Å². The molecule has 0 aliphatic carbocycles. The normalized spacial score (nSPS) is 19.4. The van der Waals surface area contributed by atoms with Crippen LogP contribution in [-0.4, -0.2) is 67.6 Å². The number of hydrogen-bond donors (Lipinski definition) is 1. The van der Waals surface area contributed by atoms with Gasteiger partial charge in [0.2, 0.25) is 0 Å². The number of imidazole rings is 1. The van der Waals surface area contributed by atoms with E-state index in [2.05, 4.69) is 15.0 Å². The first kappa shape index (κ1) is 21.5. The summed E-state index contributed by atoms with van der Waals surface area (Å²) in [5.41, 5.74) is 0.915. The highest BCUT2D eigenvalue weighted by molar-refractivity contribution is 5.90. The molecule has 2 aromatic heterocycles. The van der Waals surface area contributed by atoms with Crippen LogP contribution in [0.25, 0.3) is 11.1 Å². The van der Waals surface area contributed by atoms with E-state index in [1.165, 1.54) is 40.2 Å². The van der Waals surface area contributed by atoms with E-state index in [-0.39, 0.29) is 49.7 Å². The standard InChI is InChI=1S/C20H17FN6O7/c21-16-3-12(26-7-13(9-28)34-20(26)29)1-2-15(16)11-4-22-18(23-5-11)33-14-6-25-8-17(27(30)31)24-19(25)32-10-14/h1-5,8,13-14,28H,6-7,9-10H2/t13-,14-/m0/s1. The minimum absolute atomic E-state index is 0.0299. The Morgan fingerprint density at radius 1 is 1.29 bits per heavy atom. The summed E-state index contributed by atoms with van der Waals surface area (Å²) in [5.74, 6) is -0.913. The van der Waals surface area contributed by atoms with Gasteiger partial charge in [-0.2, -0.15) is 0 Å². The highest BCUT2D eigenvalue weighted by atomic mass is 19.1. The van der Waals surface area contributed by atoms with Crippen LogP contribution < -0.4 is 14.4 Å². The van der Waals surface area contributed by atoms with Crippen LogP contribution in [0.15, 0.2) is 36.8 Å². The lowest BCUT2D eigenvalue weighted by Crippen LogP contribution is -2.34. The maximum absolute atomic E-state index is 14.8. The number of ether oxygens (including phenoxy) is 3. The molecule has 0 radical (unpaired) electrons. The second-order valence-corrected chi connectivity index (χ2v) is 7.56. The maximum Gasteiger partial charge on any atom is 0.414 e. The van der Waals surface area contributed by atoms with Crippen LogP contribution in [0, 0.1) is 15.9 Å². The Kier molecular flexibility index (Phi) is 5.41. The van der Waals surface area contributed by atoms with Crippen molar-refractivity contribution in [2.45, 2.75) is 18.8 Å². The van der Waals surface area contributed by atoms with Gasteiger partial charge in [0, 0.05) is 28.5 Å². The van der Waals surface area contributed by atoms with E-state index in [1.54, 1.807) is 6.07 Å². The predicted molar refractivity (Wildman–Crippen MR) is 111 cm³/mol. The third-order valence-corrected chi connectivity index (χ3v) is 5.27. The molecule has 13 nitrogen and oxygen atoms in total. The summed E-state index contributed by atoms with van der Waals surface area (Å²) < 4.78 is 32.3. The van der Waals surface area contributed by atoms with Crippen LogP contribution in [0.2, 0.25) is 0 Å². The number of nitro groups is 1. The molecule has 2 atom stereocenters. The molecule has 1 fully saturated rings. The fourth-order valence-electron chi connectivity index (χ4n) is 3.63. The van der Waals surface area contributed by atoms with Gasteiger partial charge in [-0.1, -0.05) is 0 Å². The maximum atomic E-state index is 14.8. The number of halogens is 1. The summed E-state index contributed by atoms with van der Waals surface area (Å²) in [6.07, 6.45) is 2.23. The molecule has 4 heterocycles. The lowest BCUT2D eigenvalue weighted by atomic mass is 10.1. The summed E-state index contributed by atoms with van der Waals surface area (Å²) >= 11 is 0. The molecule has 0 bridgehead atoms. The molecule has 2 aliphatic heterocycles. The summed E-state index contributed by atoms with van der Waals surface area (Å²) in [6, 6.07) is 4.41. The van der Waals surface area contributed by atoms with E-state index in [1.807, 2.05) is 0 Å². The monoisotopic (exact) mass is 472 g/mol. The molecule has 2 aliphatic rings. The van der Waals surface area contributed by atoms with E-state index in [9.17, 15) is 19.3 Å². The predicted octanol–water partition coefficient (Wildman–Crippen LogP) is 1.54. The minimum atomic E-state index is -0.653. The molecule has 34 heavy (non-hydrogen) atoms. The molecule has 5 rings (SSSR count). The average Bonchev–Trinajstić information content (AvgIpc) is 3.43. The Bertz CT molecular complexity index is 1250. The zero-order valence-corrected chi connectivity index (χ0v) is 17.4. The van der Waals surface area contributed by atoms with Crippen molar-refractivity contribution in [2.24, 2.45) is 0 Å². The molecule has 176 valence electrons. The van der Waals surface area contributed by atoms with Gasteiger partial charge < -0.3 is 29.4 Å². The molecular formula is C20H17FN6O7. The molecule has 0 saturated carbocycles.